The zero-order chi connectivity index (χ0) is 18.8. The first kappa shape index (κ1) is 17.3. The van der Waals surface area contributed by atoms with E-state index in [1.54, 1.807) is 35.2 Å². The zero-order valence-electron chi connectivity index (χ0n) is 14.6. The van der Waals surface area contributed by atoms with Crippen LogP contribution in [0.2, 0.25) is 0 Å². The van der Waals surface area contributed by atoms with Crippen LogP contribution in [0.5, 0.6) is 11.5 Å². The molecule has 7 heteroatoms. The van der Waals surface area contributed by atoms with E-state index in [1.165, 1.54) is 12.1 Å². The lowest BCUT2D eigenvalue weighted by Crippen LogP contribution is -2.31. The van der Waals surface area contributed by atoms with Crippen LogP contribution in [0, 0.1) is 11.7 Å². The molecule has 1 fully saturated rings. The van der Waals surface area contributed by atoms with Gasteiger partial charge in [0.25, 0.3) is 5.91 Å². The fraction of sp³-hybridized carbons (Fsp3) is 0.300. The Morgan fingerprint density at radius 2 is 1.93 bits per heavy atom. The first-order chi connectivity index (χ1) is 13.1. The number of ether oxygens (including phenoxy) is 2. The Kier molecular flexibility index (Phi) is 4.66. The molecule has 2 aliphatic heterocycles. The number of nitrogens with zero attached hydrogens (tertiary/aromatic N) is 1. The van der Waals surface area contributed by atoms with E-state index >= 15 is 0 Å². The predicted octanol–water partition coefficient (Wildman–Crippen LogP) is 2.33. The van der Waals surface area contributed by atoms with Crippen molar-refractivity contribution < 1.29 is 23.5 Å². The minimum Gasteiger partial charge on any atom is -0.454 e. The first-order valence-electron chi connectivity index (χ1n) is 8.78. The topological polar surface area (TPSA) is 67.9 Å². The van der Waals surface area contributed by atoms with Crippen molar-refractivity contribution in [2.24, 2.45) is 5.92 Å². The number of hydrogen-bond donors (Lipinski definition) is 1. The van der Waals surface area contributed by atoms with Gasteiger partial charge >= 0.3 is 0 Å². The molecule has 27 heavy (non-hydrogen) atoms. The predicted molar refractivity (Wildman–Crippen MR) is 94.8 cm³/mol. The Balaban J connectivity index is 1.30. The van der Waals surface area contributed by atoms with Crippen LogP contribution in [0.3, 0.4) is 0 Å². The molecule has 2 aromatic carbocycles. The van der Waals surface area contributed by atoms with Crippen molar-refractivity contribution in [3.63, 3.8) is 0 Å². The number of likely N-dealkylation sites (tertiary alicyclic amines) is 1. The summed E-state index contributed by atoms with van der Waals surface area (Å²) in [6, 6.07) is 11.2. The van der Waals surface area contributed by atoms with Gasteiger partial charge in [-0.2, -0.15) is 0 Å². The molecule has 2 aliphatic rings. The number of hydrogen-bond acceptors (Lipinski definition) is 4. The van der Waals surface area contributed by atoms with Gasteiger partial charge in [0.15, 0.2) is 11.5 Å². The zero-order valence-corrected chi connectivity index (χ0v) is 14.6. The molecule has 140 valence electrons. The first-order valence-corrected chi connectivity index (χ1v) is 8.78. The molecular weight excluding hydrogens is 351 g/mol. The van der Waals surface area contributed by atoms with Gasteiger partial charge in [-0.3, -0.25) is 9.59 Å². The maximum atomic E-state index is 13.0. The highest BCUT2D eigenvalue weighted by Gasteiger charge is 2.29. The molecule has 0 aromatic heterocycles. The Hall–Kier alpha value is -3.09. The second-order valence-electron chi connectivity index (χ2n) is 6.75. The van der Waals surface area contributed by atoms with E-state index < -0.39 is 0 Å². The number of halogens is 1. The van der Waals surface area contributed by atoms with Crippen molar-refractivity contribution in [1.82, 2.24) is 10.2 Å². The van der Waals surface area contributed by atoms with Crippen LogP contribution < -0.4 is 14.8 Å². The van der Waals surface area contributed by atoms with Gasteiger partial charge in [0, 0.05) is 37.5 Å². The molecule has 2 amide bonds. The van der Waals surface area contributed by atoms with Gasteiger partial charge in [0.05, 0.1) is 0 Å². The van der Waals surface area contributed by atoms with Gasteiger partial charge in [-0.05, 0) is 35.9 Å². The summed E-state index contributed by atoms with van der Waals surface area (Å²) >= 11 is 0. The van der Waals surface area contributed by atoms with E-state index in [2.05, 4.69) is 5.32 Å². The van der Waals surface area contributed by atoms with Gasteiger partial charge < -0.3 is 19.7 Å². The third-order valence-electron chi connectivity index (χ3n) is 4.77. The number of rotatable bonds is 5. The quantitative estimate of drug-likeness (QED) is 0.877. The van der Waals surface area contributed by atoms with Crippen molar-refractivity contribution in [1.29, 1.82) is 0 Å². The summed E-state index contributed by atoms with van der Waals surface area (Å²) in [5.41, 5.74) is 1.38. The van der Waals surface area contributed by atoms with Gasteiger partial charge in [0.2, 0.25) is 12.7 Å². The van der Waals surface area contributed by atoms with Gasteiger partial charge in [-0.1, -0.05) is 12.1 Å². The summed E-state index contributed by atoms with van der Waals surface area (Å²) in [4.78, 5) is 26.3. The number of amides is 2. The highest BCUT2D eigenvalue weighted by atomic mass is 19.1. The number of fused-ring (bicyclic) bond motifs is 1. The van der Waals surface area contributed by atoms with Gasteiger partial charge in [-0.25, -0.2) is 4.39 Å². The van der Waals surface area contributed by atoms with E-state index in [1.807, 2.05) is 0 Å². The van der Waals surface area contributed by atoms with Crippen LogP contribution in [0.15, 0.2) is 42.5 Å². The molecule has 1 saturated heterocycles. The second-order valence-corrected chi connectivity index (χ2v) is 6.75. The van der Waals surface area contributed by atoms with Gasteiger partial charge in [0.1, 0.15) is 5.82 Å². The molecule has 2 heterocycles. The van der Waals surface area contributed by atoms with E-state index in [4.69, 9.17) is 9.47 Å². The molecule has 4 rings (SSSR count). The lowest BCUT2D eigenvalue weighted by Gasteiger charge is -2.17. The van der Waals surface area contributed by atoms with E-state index in [0.717, 1.165) is 5.56 Å². The summed E-state index contributed by atoms with van der Waals surface area (Å²) in [7, 11) is 0. The average Bonchev–Trinajstić information content (AvgIpc) is 3.27. The van der Waals surface area contributed by atoms with Crippen LogP contribution in [0.1, 0.15) is 22.3 Å². The second kappa shape index (κ2) is 7.26. The maximum Gasteiger partial charge on any atom is 0.251 e. The minimum atomic E-state index is -0.296. The van der Waals surface area contributed by atoms with E-state index in [0.29, 0.717) is 43.1 Å². The number of carbonyl (C=O) groups is 2. The number of carbonyl (C=O) groups excluding carboxylic acids is 2. The number of nitrogens with one attached hydrogen (secondary N) is 1. The SMILES string of the molecule is O=C(NCC1CC(=O)N(Cc2ccc(F)cc2)C1)c1ccc2c(c1)OCO2. The highest BCUT2D eigenvalue weighted by Crippen LogP contribution is 2.32. The van der Waals surface area contributed by atoms with Crippen molar-refractivity contribution in [2.45, 2.75) is 13.0 Å². The monoisotopic (exact) mass is 370 g/mol. The molecule has 1 unspecified atom stereocenters. The third kappa shape index (κ3) is 3.86. The average molecular weight is 370 g/mol. The van der Waals surface area contributed by atoms with Crippen LogP contribution in [0.25, 0.3) is 0 Å². The maximum absolute atomic E-state index is 13.0. The van der Waals surface area contributed by atoms with Gasteiger partial charge in [-0.15, -0.1) is 0 Å². The molecule has 0 aliphatic carbocycles. The summed E-state index contributed by atoms with van der Waals surface area (Å²) in [6.07, 6.45) is 0.391. The van der Waals surface area contributed by atoms with Crippen LogP contribution in [-0.4, -0.2) is 36.6 Å². The largest absolute Gasteiger partial charge is 0.454 e. The molecule has 1 atom stereocenters. The Morgan fingerprint density at radius 3 is 2.74 bits per heavy atom. The molecule has 0 saturated carbocycles. The van der Waals surface area contributed by atoms with Crippen molar-refractivity contribution in [3.05, 3.63) is 59.4 Å². The fourth-order valence-corrected chi connectivity index (χ4v) is 3.33. The molecule has 6 nitrogen and oxygen atoms in total. The molecule has 2 aromatic rings. The summed E-state index contributed by atoms with van der Waals surface area (Å²) in [6.45, 7) is 1.59. The highest BCUT2D eigenvalue weighted by molar-refractivity contribution is 5.95. The van der Waals surface area contributed by atoms with Crippen LogP contribution in [0.4, 0.5) is 4.39 Å². The lowest BCUT2D eigenvalue weighted by molar-refractivity contribution is -0.128. The van der Waals surface area contributed by atoms with E-state index in [9.17, 15) is 14.0 Å². The van der Waals surface area contributed by atoms with Crippen molar-refractivity contribution >= 4 is 11.8 Å². The van der Waals surface area contributed by atoms with Crippen molar-refractivity contribution in [3.8, 4) is 11.5 Å². The Labute approximate surface area is 155 Å². The molecule has 0 radical (unpaired) electrons. The fourth-order valence-electron chi connectivity index (χ4n) is 3.33. The Morgan fingerprint density at radius 1 is 1.15 bits per heavy atom. The van der Waals surface area contributed by atoms with Crippen LogP contribution >= 0.6 is 0 Å². The lowest BCUT2D eigenvalue weighted by atomic mass is 10.1. The van der Waals surface area contributed by atoms with Crippen molar-refractivity contribution in [2.75, 3.05) is 19.9 Å². The molecule has 1 N–H and O–H groups in total. The number of benzene rings is 2. The summed E-state index contributed by atoms with van der Waals surface area (Å²) in [5, 5.41) is 2.88. The molecule has 0 bridgehead atoms. The standard InChI is InChI=1S/C20H19FN2O4/c21-16-4-1-13(2-5-16)10-23-11-14(7-19(23)24)9-22-20(25)15-3-6-17-18(8-15)27-12-26-17/h1-6,8,14H,7,9-12H2,(H,22,25). The summed E-state index contributed by atoms with van der Waals surface area (Å²) in [5.74, 6) is 0.777. The minimum absolute atomic E-state index is 0.0432. The smallest absolute Gasteiger partial charge is 0.251 e. The molecule has 0 spiro atoms. The third-order valence-corrected chi connectivity index (χ3v) is 4.77. The normalized spacial score (nSPS) is 18.0. The Bertz CT molecular complexity index is 869. The van der Waals surface area contributed by atoms with E-state index in [-0.39, 0.29) is 30.3 Å². The molecular formula is C20H19FN2O4. The summed E-state index contributed by atoms with van der Waals surface area (Å²) < 4.78 is 23.5. The van der Waals surface area contributed by atoms with Crippen LogP contribution in [-0.2, 0) is 11.3 Å².